The fourth-order valence-corrected chi connectivity index (χ4v) is 1.42. The minimum atomic E-state index is -0.445. The summed E-state index contributed by atoms with van der Waals surface area (Å²) >= 11 is 0. The van der Waals surface area contributed by atoms with Crippen molar-refractivity contribution in [3.05, 3.63) is 0 Å². The molecule has 0 spiro atoms. The summed E-state index contributed by atoms with van der Waals surface area (Å²) in [6, 6.07) is -0.445. The van der Waals surface area contributed by atoms with E-state index in [0.29, 0.717) is 31.7 Å². The molecule has 0 aromatic carbocycles. The lowest BCUT2D eigenvalue weighted by molar-refractivity contribution is -0.129. The van der Waals surface area contributed by atoms with E-state index in [0.717, 1.165) is 0 Å². The first kappa shape index (κ1) is 15.9. The van der Waals surface area contributed by atoms with Crippen molar-refractivity contribution in [3.8, 4) is 0 Å². The third-order valence-electron chi connectivity index (χ3n) is 2.43. The van der Waals surface area contributed by atoms with Gasteiger partial charge in [-0.1, -0.05) is 13.8 Å². The summed E-state index contributed by atoms with van der Waals surface area (Å²) in [6.07, 6.45) is 1.78. The molecule has 5 nitrogen and oxygen atoms in total. The molecule has 0 heterocycles. The number of rotatable bonds is 7. The fourth-order valence-electron chi connectivity index (χ4n) is 1.42. The van der Waals surface area contributed by atoms with Gasteiger partial charge >= 0.3 is 0 Å². The minimum absolute atomic E-state index is 0.0747. The van der Waals surface area contributed by atoms with Gasteiger partial charge in [-0.25, -0.2) is 0 Å². The summed E-state index contributed by atoms with van der Waals surface area (Å²) in [5, 5.41) is 2.75. The van der Waals surface area contributed by atoms with Crippen molar-refractivity contribution in [3.63, 3.8) is 0 Å². The van der Waals surface area contributed by atoms with Crippen LogP contribution in [-0.2, 0) is 9.59 Å². The van der Waals surface area contributed by atoms with E-state index in [4.69, 9.17) is 5.73 Å². The smallest absolute Gasteiger partial charge is 0.236 e. The standard InChI is InChI=1S/C12H25N3O2/c1-9(2)8-10(13)12(17)14-7-5-6-11(16)15(3)4/h9-10H,5-8,13H2,1-4H3,(H,14,17)/t10-/m0/s1. The van der Waals surface area contributed by atoms with E-state index >= 15 is 0 Å². The van der Waals surface area contributed by atoms with Crippen LogP contribution in [0, 0.1) is 5.92 Å². The van der Waals surface area contributed by atoms with Crippen molar-refractivity contribution in [2.24, 2.45) is 11.7 Å². The lowest BCUT2D eigenvalue weighted by Gasteiger charge is -2.14. The molecule has 0 unspecified atom stereocenters. The number of amides is 2. The van der Waals surface area contributed by atoms with E-state index in [1.54, 1.807) is 19.0 Å². The number of hydrogen-bond donors (Lipinski definition) is 2. The summed E-state index contributed by atoms with van der Waals surface area (Å²) in [5.74, 6) is 0.354. The topological polar surface area (TPSA) is 75.4 Å². The fraction of sp³-hybridized carbons (Fsp3) is 0.833. The maximum Gasteiger partial charge on any atom is 0.236 e. The van der Waals surface area contributed by atoms with Gasteiger partial charge in [0.15, 0.2) is 0 Å². The summed E-state index contributed by atoms with van der Waals surface area (Å²) in [6.45, 7) is 4.57. The Balaban J connectivity index is 3.68. The van der Waals surface area contributed by atoms with Crippen LogP contribution in [0.25, 0.3) is 0 Å². The van der Waals surface area contributed by atoms with Crippen LogP contribution in [0.3, 0.4) is 0 Å². The van der Waals surface area contributed by atoms with Crippen LogP contribution < -0.4 is 11.1 Å². The second-order valence-electron chi connectivity index (χ2n) is 4.92. The monoisotopic (exact) mass is 243 g/mol. The highest BCUT2D eigenvalue weighted by Crippen LogP contribution is 2.02. The van der Waals surface area contributed by atoms with Crippen molar-refractivity contribution in [2.45, 2.75) is 39.2 Å². The van der Waals surface area contributed by atoms with Gasteiger partial charge in [-0.05, 0) is 18.8 Å². The molecule has 0 aromatic rings. The number of nitrogens with one attached hydrogen (secondary N) is 1. The summed E-state index contributed by atoms with van der Waals surface area (Å²) < 4.78 is 0. The molecule has 0 radical (unpaired) electrons. The van der Waals surface area contributed by atoms with Crippen molar-refractivity contribution < 1.29 is 9.59 Å². The first-order chi connectivity index (χ1) is 7.84. The Hall–Kier alpha value is -1.10. The molecule has 3 N–H and O–H groups in total. The summed E-state index contributed by atoms with van der Waals surface area (Å²) in [4.78, 5) is 24.3. The number of carbonyl (C=O) groups is 2. The molecule has 1 atom stereocenters. The van der Waals surface area contributed by atoms with E-state index in [9.17, 15) is 9.59 Å². The Kier molecular flexibility index (Phi) is 7.54. The van der Waals surface area contributed by atoms with Gasteiger partial charge in [0, 0.05) is 27.1 Å². The third kappa shape index (κ3) is 7.74. The highest BCUT2D eigenvalue weighted by atomic mass is 16.2. The zero-order chi connectivity index (χ0) is 13.4. The molecular formula is C12H25N3O2. The van der Waals surface area contributed by atoms with E-state index < -0.39 is 6.04 Å². The molecule has 0 aliphatic rings. The van der Waals surface area contributed by atoms with E-state index in [1.165, 1.54) is 0 Å². The van der Waals surface area contributed by atoms with Gasteiger partial charge in [0.05, 0.1) is 6.04 Å². The number of carbonyl (C=O) groups excluding carboxylic acids is 2. The Labute approximate surface area is 104 Å². The molecule has 17 heavy (non-hydrogen) atoms. The Morgan fingerprint density at radius 1 is 1.29 bits per heavy atom. The number of nitrogens with zero attached hydrogens (tertiary/aromatic N) is 1. The zero-order valence-electron chi connectivity index (χ0n) is 11.3. The van der Waals surface area contributed by atoms with Crippen LogP contribution in [0.5, 0.6) is 0 Å². The van der Waals surface area contributed by atoms with Crippen molar-refractivity contribution in [1.29, 1.82) is 0 Å². The summed E-state index contributed by atoms with van der Waals surface area (Å²) in [5.41, 5.74) is 5.72. The van der Waals surface area contributed by atoms with Gasteiger partial charge in [0.2, 0.25) is 11.8 Å². The van der Waals surface area contributed by atoms with Crippen LogP contribution in [0.4, 0.5) is 0 Å². The molecule has 0 bridgehead atoms. The van der Waals surface area contributed by atoms with Crippen LogP contribution >= 0.6 is 0 Å². The third-order valence-corrected chi connectivity index (χ3v) is 2.43. The van der Waals surface area contributed by atoms with Gasteiger partial charge in [0.25, 0.3) is 0 Å². The lowest BCUT2D eigenvalue weighted by atomic mass is 10.0. The SMILES string of the molecule is CC(C)C[C@H](N)C(=O)NCCCC(=O)N(C)C. The zero-order valence-corrected chi connectivity index (χ0v) is 11.3. The minimum Gasteiger partial charge on any atom is -0.355 e. The van der Waals surface area contributed by atoms with Crippen molar-refractivity contribution in [1.82, 2.24) is 10.2 Å². The second-order valence-corrected chi connectivity index (χ2v) is 4.92. The van der Waals surface area contributed by atoms with Gasteiger partial charge < -0.3 is 16.0 Å². The maximum atomic E-state index is 11.5. The normalized spacial score (nSPS) is 12.4. The second kappa shape index (κ2) is 8.06. The largest absolute Gasteiger partial charge is 0.355 e. The van der Waals surface area contributed by atoms with E-state index in [2.05, 4.69) is 5.32 Å². The average Bonchev–Trinajstić information content (AvgIpc) is 2.22. The molecule has 0 saturated heterocycles. The van der Waals surface area contributed by atoms with Crippen LogP contribution in [0.1, 0.15) is 33.1 Å². The van der Waals surface area contributed by atoms with Crippen LogP contribution in [-0.4, -0.2) is 43.4 Å². The van der Waals surface area contributed by atoms with Gasteiger partial charge in [-0.15, -0.1) is 0 Å². The first-order valence-corrected chi connectivity index (χ1v) is 6.08. The summed E-state index contributed by atoms with van der Waals surface area (Å²) in [7, 11) is 3.44. The number of nitrogens with two attached hydrogens (primary N) is 1. The predicted octanol–water partition coefficient (Wildman–Crippen LogP) is 0.344. The quantitative estimate of drug-likeness (QED) is 0.633. The molecule has 0 aliphatic carbocycles. The van der Waals surface area contributed by atoms with Gasteiger partial charge in [-0.2, -0.15) is 0 Å². The maximum absolute atomic E-state index is 11.5. The van der Waals surface area contributed by atoms with Crippen LogP contribution in [0.2, 0.25) is 0 Å². The lowest BCUT2D eigenvalue weighted by Crippen LogP contribution is -2.41. The first-order valence-electron chi connectivity index (χ1n) is 6.08. The molecule has 0 fully saturated rings. The Morgan fingerprint density at radius 3 is 2.35 bits per heavy atom. The van der Waals surface area contributed by atoms with E-state index in [-0.39, 0.29) is 11.8 Å². The van der Waals surface area contributed by atoms with E-state index in [1.807, 2.05) is 13.8 Å². The molecule has 0 aliphatic heterocycles. The molecule has 0 aromatic heterocycles. The molecule has 2 amide bonds. The van der Waals surface area contributed by atoms with Crippen molar-refractivity contribution in [2.75, 3.05) is 20.6 Å². The van der Waals surface area contributed by atoms with Crippen molar-refractivity contribution >= 4 is 11.8 Å². The Morgan fingerprint density at radius 2 is 1.88 bits per heavy atom. The highest BCUT2D eigenvalue weighted by molar-refractivity contribution is 5.81. The molecule has 5 heteroatoms. The Bertz CT molecular complexity index is 252. The highest BCUT2D eigenvalue weighted by Gasteiger charge is 2.14. The molecular weight excluding hydrogens is 218 g/mol. The molecule has 0 rings (SSSR count). The van der Waals surface area contributed by atoms with Gasteiger partial charge in [-0.3, -0.25) is 9.59 Å². The predicted molar refractivity (Wildman–Crippen MR) is 68.4 cm³/mol. The van der Waals surface area contributed by atoms with Gasteiger partial charge in [0.1, 0.15) is 0 Å². The average molecular weight is 243 g/mol. The number of hydrogen-bond acceptors (Lipinski definition) is 3. The molecule has 100 valence electrons. The van der Waals surface area contributed by atoms with Crippen LogP contribution in [0.15, 0.2) is 0 Å². The molecule has 0 saturated carbocycles.